The Bertz CT molecular complexity index is 1220. The molecule has 0 atom stereocenters. The molecule has 0 N–H and O–H groups in total. The van der Waals surface area contributed by atoms with Gasteiger partial charge in [0.1, 0.15) is 0 Å². The first-order valence-corrected chi connectivity index (χ1v) is 10.6. The zero-order valence-electron chi connectivity index (χ0n) is 17.1. The Hall–Kier alpha value is -3.79. The molecular formula is C27H22N2O2. The summed E-state index contributed by atoms with van der Waals surface area (Å²) in [6.07, 6.45) is 3.76. The van der Waals surface area contributed by atoms with E-state index in [-0.39, 0.29) is 11.8 Å². The number of para-hydroxylation sites is 1. The normalized spacial score (nSPS) is 12.9. The number of nitrogens with zero attached hydrogens (tertiary/aromatic N) is 2. The molecule has 0 saturated carbocycles. The largest absolute Gasteiger partial charge is 0.268 e. The lowest BCUT2D eigenvalue weighted by Gasteiger charge is -2.28. The van der Waals surface area contributed by atoms with Gasteiger partial charge in [0.25, 0.3) is 11.8 Å². The van der Waals surface area contributed by atoms with Gasteiger partial charge in [-0.25, -0.2) is 4.90 Å². The molecule has 152 valence electrons. The highest BCUT2D eigenvalue weighted by Crippen LogP contribution is 2.37. The van der Waals surface area contributed by atoms with Crippen molar-refractivity contribution in [3.63, 3.8) is 0 Å². The van der Waals surface area contributed by atoms with Crippen molar-refractivity contribution < 1.29 is 9.59 Å². The van der Waals surface area contributed by atoms with Crippen LogP contribution >= 0.6 is 0 Å². The Morgan fingerprint density at radius 2 is 1.23 bits per heavy atom. The molecule has 0 unspecified atom stereocenters. The fourth-order valence-electron chi connectivity index (χ4n) is 4.32. The first kappa shape index (κ1) is 19.2. The molecule has 4 nitrogen and oxygen atoms in total. The predicted molar refractivity (Wildman–Crippen MR) is 122 cm³/mol. The van der Waals surface area contributed by atoms with Crippen LogP contribution in [0, 0.1) is 0 Å². The fourth-order valence-corrected chi connectivity index (χ4v) is 4.32. The van der Waals surface area contributed by atoms with Crippen LogP contribution in [0.4, 0.5) is 5.69 Å². The van der Waals surface area contributed by atoms with Gasteiger partial charge in [-0.05, 0) is 61.6 Å². The second-order valence-electron chi connectivity index (χ2n) is 7.79. The number of carbonyl (C=O) groups is 2. The zero-order chi connectivity index (χ0) is 21.2. The van der Waals surface area contributed by atoms with Crippen molar-refractivity contribution in [1.29, 1.82) is 0 Å². The number of aromatic nitrogens is 1. The molecule has 3 aromatic carbocycles. The van der Waals surface area contributed by atoms with E-state index in [1.54, 1.807) is 24.3 Å². The molecule has 0 spiro atoms. The van der Waals surface area contributed by atoms with Gasteiger partial charge in [-0.3, -0.25) is 14.6 Å². The summed E-state index contributed by atoms with van der Waals surface area (Å²) in [6, 6.07) is 25.8. The smallest absolute Gasteiger partial charge is 0.265 e. The Labute approximate surface area is 181 Å². The number of benzene rings is 3. The summed E-state index contributed by atoms with van der Waals surface area (Å²) >= 11 is 0. The van der Waals surface area contributed by atoms with Crippen LogP contribution in [-0.4, -0.2) is 16.8 Å². The molecule has 4 aromatic rings. The number of hydrogen-bond acceptors (Lipinski definition) is 3. The quantitative estimate of drug-likeness (QED) is 0.416. The maximum Gasteiger partial charge on any atom is 0.265 e. The van der Waals surface area contributed by atoms with Crippen LogP contribution < -0.4 is 4.90 Å². The van der Waals surface area contributed by atoms with Crippen LogP contribution in [0.3, 0.4) is 0 Å². The van der Waals surface area contributed by atoms with Crippen molar-refractivity contribution >= 4 is 28.4 Å². The Kier molecular flexibility index (Phi) is 5.04. The Balaban J connectivity index is 1.79. The standard InChI is InChI=1S/C27H22N2O2/c30-26(19-11-3-1-4-12-19)29(27(31)20-13-5-2-6-14-20)25-21-15-7-9-17-23(21)28-24-18-10-8-16-22(24)25/h1-7,9,11-15,17H,8,10,16,18H2. The van der Waals surface area contributed by atoms with E-state index in [1.165, 1.54) is 4.90 Å². The summed E-state index contributed by atoms with van der Waals surface area (Å²) in [5, 5.41) is 0.830. The van der Waals surface area contributed by atoms with E-state index < -0.39 is 0 Å². The number of anilines is 1. The maximum atomic E-state index is 13.8. The number of rotatable bonds is 3. The van der Waals surface area contributed by atoms with Crippen molar-refractivity contribution in [3.05, 3.63) is 107 Å². The predicted octanol–water partition coefficient (Wildman–Crippen LogP) is 5.60. The molecule has 4 heteroatoms. The van der Waals surface area contributed by atoms with E-state index in [9.17, 15) is 9.59 Å². The molecule has 0 radical (unpaired) electrons. The molecule has 31 heavy (non-hydrogen) atoms. The summed E-state index contributed by atoms with van der Waals surface area (Å²) in [6.45, 7) is 0. The molecule has 5 rings (SSSR count). The van der Waals surface area contributed by atoms with Crippen molar-refractivity contribution in [2.24, 2.45) is 0 Å². The summed E-state index contributed by atoms with van der Waals surface area (Å²) in [5.74, 6) is -0.642. The van der Waals surface area contributed by atoms with Gasteiger partial charge in [-0.2, -0.15) is 0 Å². The lowest BCUT2D eigenvalue weighted by molar-refractivity contribution is 0.0897. The molecule has 2 amide bonds. The van der Waals surface area contributed by atoms with Crippen molar-refractivity contribution in [1.82, 2.24) is 4.98 Å². The lowest BCUT2D eigenvalue weighted by atomic mass is 9.91. The van der Waals surface area contributed by atoms with Crippen molar-refractivity contribution in [2.45, 2.75) is 25.7 Å². The number of imide groups is 1. The first-order valence-electron chi connectivity index (χ1n) is 10.6. The van der Waals surface area contributed by atoms with Crippen molar-refractivity contribution in [3.8, 4) is 0 Å². The number of aryl methyl sites for hydroxylation is 1. The van der Waals surface area contributed by atoms with Gasteiger partial charge < -0.3 is 0 Å². The summed E-state index contributed by atoms with van der Waals surface area (Å²) in [5.41, 5.74) is 4.47. The van der Waals surface area contributed by atoms with E-state index in [2.05, 4.69) is 0 Å². The summed E-state index contributed by atoms with van der Waals surface area (Å²) in [7, 11) is 0. The third kappa shape index (κ3) is 3.50. The third-order valence-corrected chi connectivity index (χ3v) is 5.81. The van der Waals surface area contributed by atoms with Crippen molar-refractivity contribution in [2.75, 3.05) is 4.90 Å². The van der Waals surface area contributed by atoms with Crippen LogP contribution in [0.5, 0.6) is 0 Å². The van der Waals surface area contributed by atoms with Gasteiger partial charge in [0, 0.05) is 22.2 Å². The molecule has 1 heterocycles. The highest BCUT2D eigenvalue weighted by atomic mass is 16.2. The summed E-state index contributed by atoms with van der Waals surface area (Å²) in [4.78, 5) is 33.8. The highest BCUT2D eigenvalue weighted by molar-refractivity contribution is 6.28. The van der Waals surface area contributed by atoms with Gasteiger partial charge >= 0.3 is 0 Å². The minimum Gasteiger partial charge on any atom is -0.268 e. The van der Waals surface area contributed by atoms with Gasteiger partial charge in [0.05, 0.1) is 11.2 Å². The number of fused-ring (bicyclic) bond motifs is 2. The van der Waals surface area contributed by atoms with Crippen LogP contribution in [0.25, 0.3) is 10.9 Å². The van der Waals surface area contributed by atoms with E-state index >= 15 is 0 Å². The highest BCUT2D eigenvalue weighted by Gasteiger charge is 2.31. The molecule has 0 aliphatic heterocycles. The minimum absolute atomic E-state index is 0.321. The minimum atomic E-state index is -0.321. The monoisotopic (exact) mass is 406 g/mol. The van der Waals surface area contributed by atoms with E-state index in [1.807, 2.05) is 60.7 Å². The average molecular weight is 406 g/mol. The first-order chi connectivity index (χ1) is 15.2. The lowest BCUT2D eigenvalue weighted by Crippen LogP contribution is -2.38. The van der Waals surface area contributed by atoms with Gasteiger partial charge in [0.2, 0.25) is 0 Å². The van der Waals surface area contributed by atoms with Crippen LogP contribution in [0.2, 0.25) is 0 Å². The van der Waals surface area contributed by atoms with Gasteiger partial charge in [-0.15, -0.1) is 0 Å². The fraction of sp³-hybridized carbons (Fsp3) is 0.148. The molecule has 1 aromatic heterocycles. The Morgan fingerprint density at radius 1 is 0.677 bits per heavy atom. The van der Waals surface area contributed by atoms with Crippen LogP contribution in [0.15, 0.2) is 84.9 Å². The van der Waals surface area contributed by atoms with E-state index in [0.717, 1.165) is 47.8 Å². The number of carbonyl (C=O) groups excluding carboxylic acids is 2. The number of amides is 2. The SMILES string of the molecule is O=C(c1ccccc1)N(C(=O)c1ccccc1)c1c2c(nc3ccccc13)CCCC2. The van der Waals surface area contributed by atoms with Gasteiger partial charge in [0.15, 0.2) is 0 Å². The topological polar surface area (TPSA) is 50.3 Å². The average Bonchev–Trinajstić information content (AvgIpc) is 2.84. The van der Waals surface area contributed by atoms with E-state index in [0.29, 0.717) is 16.8 Å². The number of hydrogen-bond donors (Lipinski definition) is 0. The van der Waals surface area contributed by atoms with E-state index in [4.69, 9.17) is 4.98 Å². The maximum absolute atomic E-state index is 13.8. The third-order valence-electron chi connectivity index (χ3n) is 5.81. The van der Waals surface area contributed by atoms with Crippen LogP contribution in [0.1, 0.15) is 44.8 Å². The molecule has 0 saturated heterocycles. The molecule has 0 bridgehead atoms. The summed E-state index contributed by atoms with van der Waals surface area (Å²) < 4.78 is 0. The Morgan fingerprint density at radius 3 is 1.87 bits per heavy atom. The molecule has 1 aliphatic carbocycles. The molecule has 1 aliphatic rings. The molecule has 0 fully saturated rings. The second kappa shape index (κ2) is 8.15. The second-order valence-corrected chi connectivity index (χ2v) is 7.79. The van der Waals surface area contributed by atoms with Gasteiger partial charge in [-0.1, -0.05) is 54.6 Å². The van der Waals surface area contributed by atoms with Crippen LogP contribution in [-0.2, 0) is 12.8 Å². The zero-order valence-corrected chi connectivity index (χ0v) is 17.1. The number of pyridine rings is 1. The molecular weight excluding hydrogens is 384 g/mol.